The highest BCUT2D eigenvalue weighted by atomic mass is 16.5. The van der Waals surface area contributed by atoms with E-state index in [1.54, 1.807) is 6.92 Å². The predicted octanol–water partition coefficient (Wildman–Crippen LogP) is -0.278. The van der Waals surface area contributed by atoms with E-state index >= 15 is 0 Å². The number of hydrogen-bond acceptors (Lipinski definition) is 4. The summed E-state index contributed by atoms with van der Waals surface area (Å²) in [5, 5.41) is 19.6. The molecule has 4 nitrogen and oxygen atoms in total. The minimum absolute atomic E-state index is 0.0405. The van der Waals surface area contributed by atoms with Gasteiger partial charge in [0.25, 0.3) is 0 Å². The smallest absolute Gasteiger partial charge is 0.161 e. The molecule has 0 unspecified atom stereocenters. The van der Waals surface area contributed by atoms with E-state index in [-0.39, 0.29) is 24.2 Å². The van der Waals surface area contributed by atoms with E-state index in [2.05, 4.69) is 0 Å². The van der Waals surface area contributed by atoms with E-state index in [0.717, 1.165) is 0 Å². The Labute approximate surface area is 82.9 Å². The summed E-state index contributed by atoms with van der Waals surface area (Å²) in [6, 6.07) is 0. The lowest BCUT2D eigenvalue weighted by Gasteiger charge is -2.35. The molecule has 1 aliphatic heterocycles. The highest BCUT2D eigenvalue weighted by molar-refractivity contribution is 5.83. The molecule has 0 aromatic heterocycles. The highest BCUT2D eigenvalue weighted by Crippen LogP contribution is 2.43. The lowest BCUT2D eigenvalue weighted by molar-refractivity contribution is -0.164. The van der Waals surface area contributed by atoms with Crippen LogP contribution in [0.15, 0.2) is 0 Å². The van der Waals surface area contributed by atoms with Crippen molar-refractivity contribution in [1.29, 1.82) is 0 Å². The Morgan fingerprint density at radius 3 is 2.86 bits per heavy atom. The number of carbonyl (C=O) groups is 1. The monoisotopic (exact) mass is 200 g/mol. The number of fused-ring (bicyclic) bond motifs is 1. The van der Waals surface area contributed by atoms with Gasteiger partial charge in [-0.2, -0.15) is 0 Å². The van der Waals surface area contributed by atoms with Crippen molar-refractivity contribution in [2.75, 3.05) is 6.61 Å². The van der Waals surface area contributed by atoms with Crippen molar-refractivity contribution in [3.05, 3.63) is 0 Å². The van der Waals surface area contributed by atoms with Gasteiger partial charge in [-0.15, -0.1) is 0 Å². The summed E-state index contributed by atoms with van der Waals surface area (Å²) in [5.74, 6) is -0.0882. The maximum Gasteiger partial charge on any atom is 0.161 e. The van der Waals surface area contributed by atoms with Crippen molar-refractivity contribution < 1.29 is 19.7 Å². The number of carbonyl (C=O) groups excluding carboxylic acids is 1. The molecule has 0 bridgehead atoms. The fraction of sp³-hybridized carbons (Fsp3) is 0.900. The Balaban J connectivity index is 2.25. The molecule has 1 saturated heterocycles. The van der Waals surface area contributed by atoms with Gasteiger partial charge < -0.3 is 14.9 Å². The number of rotatable bonds is 0. The predicted molar refractivity (Wildman–Crippen MR) is 48.6 cm³/mol. The number of ketones is 1. The van der Waals surface area contributed by atoms with Crippen LogP contribution in [-0.4, -0.2) is 40.4 Å². The second-order valence-electron chi connectivity index (χ2n) is 4.63. The zero-order chi connectivity index (χ0) is 10.5. The first-order chi connectivity index (χ1) is 6.44. The fourth-order valence-corrected chi connectivity index (χ4v) is 2.54. The molecule has 1 saturated carbocycles. The molecule has 5 atom stereocenters. The molecule has 2 fully saturated rings. The topological polar surface area (TPSA) is 66.8 Å². The summed E-state index contributed by atoms with van der Waals surface area (Å²) < 4.78 is 5.31. The normalized spacial score (nSPS) is 53.3. The van der Waals surface area contributed by atoms with E-state index in [0.29, 0.717) is 6.42 Å². The first-order valence-corrected chi connectivity index (χ1v) is 4.99. The number of aliphatic hydroxyl groups is 2. The fourth-order valence-electron chi connectivity index (χ4n) is 2.54. The summed E-state index contributed by atoms with van der Waals surface area (Å²) >= 11 is 0. The van der Waals surface area contributed by atoms with E-state index in [1.807, 2.05) is 6.92 Å². The van der Waals surface area contributed by atoms with Crippen molar-refractivity contribution in [2.24, 2.45) is 11.8 Å². The summed E-state index contributed by atoms with van der Waals surface area (Å²) in [5.41, 5.74) is -1.21. The van der Waals surface area contributed by atoms with Crippen LogP contribution >= 0.6 is 0 Å². The van der Waals surface area contributed by atoms with E-state index in [4.69, 9.17) is 4.74 Å². The lowest BCUT2D eigenvalue weighted by Crippen LogP contribution is -2.50. The van der Waals surface area contributed by atoms with Gasteiger partial charge >= 0.3 is 0 Å². The highest BCUT2D eigenvalue weighted by Gasteiger charge is 2.55. The zero-order valence-corrected chi connectivity index (χ0v) is 8.43. The number of Topliss-reactive ketones (excluding diaryl/α,β-unsaturated/α-hetero) is 1. The van der Waals surface area contributed by atoms with Crippen LogP contribution in [0, 0.1) is 11.8 Å². The molecule has 0 radical (unpaired) electrons. The van der Waals surface area contributed by atoms with Gasteiger partial charge in [0.2, 0.25) is 0 Å². The van der Waals surface area contributed by atoms with Crippen LogP contribution in [0.2, 0.25) is 0 Å². The minimum atomic E-state index is -1.21. The Bertz CT molecular complexity index is 261. The molecule has 0 aromatic rings. The lowest BCUT2D eigenvalue weighted by atomic mass is 9.83. The molecule has 2 aliphatic rings. The van der Waals surface area contributed by atoms with Crippen molar-refractivity contribution in [1.82, 2.24) is 0 Å². The maximum absolute atomic E-state index is 11.4. The Morgan fingerprint density at radius 2 is 2.21 bits per heavy atom. The summed E-state index contributed by atoms with van der Waals surface area (Å²) in [6.45, 7) is 3.48. The molecule has 2 rings (SSSR count). The van der Waals surface area contributed by atoms with Crippen molar-refractivity contribution in [2.45, 2.75) is 38.1 Å². The SMILES string of the molecule is C[C@@H]1C(=O)CO[C@H]2[C@@H]1C[C@H](O)[C@@]2(C)O. The van der Waals surface area contributed by atoms with Crippen molar-refractivity contribution in [3.8, 4) is 0 Å². The van der Waals surface area contributed by atoms with E-state index in [9.17, 15) is 15.0 Å². The van der Waals surface area contributed by atoms with Crippen LogP contribution in [0.4, 0.5) is 0 Å². The summed E-state index contributed by atoms with van der Waals surface area (Å²) in [6.07, 6.45) is -0.735. The zero-order valence-electron chi connectivity index (χ0n) is 8.43. The van der Waals surface area contributed by atoms with Gasteiger partial charge in [-0.3, -0.25) is 4.79 Å². The van der Waals surface area contributed by atoms with Crippen LogP contribution in [0.5, 0.6) is 0 Å². The third-order valence-corrected chi connectivity index (χ3v) is 3.69. The molecule has 2 N–H and O–H groups in total. The van der Waals surface area contributed by atoms with Crippen LogP contribution in [-0.2, 0) is 9.53 Å². The van der Waals surface area contributed by atoms with Gasteiger partial charge in [0.1, 0.15) is 12.2 Å². The van der Waals surface area contributed by atoms with Gasteiger partial charge in [-0.1, -0.05) is 6.92 Å². The molecule has 80 valence electrons. The standard InChI is InChI=1S/C10H16O4/c1-5-6-3-8(12)10(2,13)9(6)14-4-7(5)11/h5-6,8-9,12-13H,3-4H2,1-2H3/t5-,6+,8-,9-,10+/m0/s1. The molecule has 1 heterocycles. The Hall–Kier alpha value is -0.450. The van der Waals surface area contributed by atoms with Gasteiger partial charge in [0.05, 0.1) is 12.2 Å². The first-order valence-electron chi connectivity index (χ1n) is 4.99. The van der Waals surface area contributed by atoms with Gasteiger partial charge in [0.15, 0.2) is 5.78 Å². The number of aliphatic hydroxyl groups excluding tert-OH is 1. The quantitative estimate of drug-likeness (QED) is 0.564. The van der Waals surface area contributed by atoms with Crippen LogP contribution < -0.4 is 0 Å². The number of hydrogen-bond donors (Lipinski definition) is 2. The van der Waals surface area contributed by atoms with Gasteiger partial charge in [-0.25, -0.2) is 0 Å². The average molecular weight is 200 g/mol. The second kappa shape index (κ2) is 3.02. The average Bonchev–Trinajstić information content (AvgIpc) is 2.33. The van der Waals surface area contributed by atoms with Gasteiger partial charge in [-0.05, 0) is 13.3 Å². The summed E-state index contributed by atoms with van der Waals surface area (Å²) in [4.78, 5) is 11.4. The van der Waals surface area contributed by atoms with E-state index < -0.39 is 17.8 Å². The number of ether oxygens (including phenoxy) is 1. The largest absolute Gasteiger partial charge is 0.390 e. The minimum Gasteiger partial charge on any atom is -0.390 e. The van der Waals surface area contributed by atoms with Crippen LogP contribution in [0.3, 0.4) is 0 Å². The molecule has 1 aliphatic carbocycles. The third kappa shape index (κ3) is 1.21. The maximum atomic E-state index is 11.4. The molecular weight excluding hydrogens is 184 g/mol. The molecule has 0 spiro atoms. The van der Waals surface area contributed by atoms with Crippen molar-refractivity contribution in [3.63, 3.8) is 0 Å². The second-order valence-corrected chi connectivity index (χ2v) is 4.63. The molecule has 0 aromatic carbocycles. The van der Waals surface area contributed by atoms with Crippen LogP contribution in [0.25, 0.3) is 0 Å². The molecular formula is C10H16O4. The third-order valence-electron chi connectivity index (χ3n) is 3.69. The van der Waals surface area contributed by atoms with Gasteiger partial charge in [0, 0.05) is 11.8 Å². The summed E-state index contributed by atoms with van der Waals surface area (Å²) in [7, 11) is 0. The Kier molecular flexibility index (Phi) is 2.17. The molecule has 0 amide bonds. The van der Waals surface area contributed by atoms with Crippen LogP contribution in [0.1, 0.15) is 20.3 Å². The van der Waals surface area contributed by atoms with Crippen molar-refractivity contribution >= 4 is 5.78 Å². The Morgan fingerprint density at radius 1 is 1.57 bits per heavy atom. The molecule has 4 heteroatoms. The molecule has 14 heavy (non-hydrogen) atoms. The van der Waals surface area contributed by atoms with E-state index in [1.165, 1.54) is 0 Å². The first kappa shape index (κ1) is 10.1.